The highest BCUT2D eigenvalue weighted by Gasteiger charge is 2.27. The number of nitro benzene ring substituents is 1. The van der Waals surface area contributed by atoms with Crippen molar-refractivity contribution in [1.82, 2.24) is 4.90 Å². The lowest BCUT2D eigenvalue weighted by Gasteiger charge is -2.35. The summed E-state index contributed by atoms with van der Waals surface area (Å²) < 4.78 is 5.40. The van der Waals surface area contributed by atoms with Crippen molar-refractivity contribution >= 4 is 17.6 Å². The first-order chi connectivity index (χ1) is 11.5. The lowest BCUT2D eigenvalue weighted by Crippen LogP contribution is -2.46. The number of carboxylic acids is 1. The van der Waals surface area contributed by atoms with Crippen LogP contribution in [0.15, 0.2) is 24.3 Å². The van der Waals surface area contributed by atoms with Gasteiger partial charge in [0.1, 0.15) is 5.75 Å². The number of non-ortho nitro benzene ring substituents is 1. The first-order valence-corrected chi connectivity index (χ1v) is 7.86. The van der Waals surface area contributed by atoms with Crippen molar-refractivity contribution in [3.63, 3.8) is 0 Å². The molecule has 1 amide bonds. The van der Waals surface area contributed by atoms with E-state index in [0.717, 1.165) is 19.3 Å². The topological polar surface area (TPSA) is 110 Å². The second-order valence-electron chi connectivity index (χ2n) is 5.71. The fourth-order valence-electron chi connectivity index (χ4n) is 2.81. The van der Waals surface area contributed by atoms with Gasteiger partial charge in [-0.3, -0.25) is 19.7 Å². The summed E-state index contributed by atoms with van der Waals surface area (Å²) in [6.07, 6.45) is 3.16. The molecule has 8 nitrogen and oxygen atoms in total. The largest absolute Gasteiger partial charge is 0.484 e. The molecule has 0 saturated carbocycles. The summed E-state index contributed by atoms with van der Waals surface area (Å²) in [6, 6.07) is 5.46. The number of nitro groups is 1. The van der Waals surface area contributed by atoms with E-state index >= 15 is 0 Å². The third-order valence-corrected chi connectivity index (χ3v) is 4.05. The quantitative estimate of drug-likeness (QED) is 0.604. The van der Waals surface area contributed by atoms with Gasteiger partial charge in [0, 0.05) is 31.1 Å². The van der Waals surface area contributed by atoms with Crippen LogP contribution in [0, 0.1) is 10.1 Å². The minimum absolute atomic E-state index is 0.0393. The molecule has 1 heterocycles. The number of aliphatic carboxylic acids is 1. The van der Waals surface area contributed by atoms with Crippen molar-refractivity contribution in [1.29, 1.82) is 0 Å². The third kappa shape index (κ3) is 4.94. The third-order valence-electron chi connectivity index (χ3n) is 4.05. The first-order valence-electron chi connectivity index (χ1n) is 7.86. The normalized spacial score (nSPS) is 17.3. The van der Waals surface area contributed by atoms with Crippen molar-refractivity contribution in [3.8, 4) is 5.75 Å². The summed E-state index contributed by atoms with van der Waals surface area (Å²) in [5, 5.41) is 19.4. The van der Waals surface area contributed by atoms with Crippen LogP contribution in [-0.4, -0.2) is 46.0 Å². The lowest BCUT2D eigenvalue weighted by atomic mass is 9.98. The number of rotatable bonds is 7. The van der Waals surface area contributed by atoms with E-state index in [2.05, 4.69) is 0 Å². The molecule has 1 aromatic rings. The molecular weight excluding hydrogens is 316 g/mol. The van der Waals surface area contributed by atoms with Crippen LogP contribution in [0.2, 0.25) is 0 Å². The molecule has 1 aliphatic heterocycles. The zero-order valence-corrected chi connectivity index (χ0v) is 13.2. The fourth-order valence-corrected chi connectivity index (χ4v) is 2.81. The number of nitrogens with zero attached hydrogens (tertiary/aromatic N) is 2. The molecule has 1 N–H and O–H groups in total. The molecule has 0 aromatic heterocycles. The van der Waals surface area contributed by atoms with Crippen LogP contribution >= 0.6 is 0 Å². The van der Waals surface area contributed by atoms with Crippen molar-refractivity contribution in [3.05, 3.63) is 34.4 Å². The molecule has 0 bridgehead atoms. The maximum Gasteiger partial charge on any atom is 0.303 e. The van der Waals surface area contributed by atoms with Gasteiger partial charge in [-0.15, -0.1) is 0 Å². The zero-order valence-electron chi connectivity index (χ0n) is 13.2. The second kappa shape index (κ2) is 8.28. The van der Waals surface area contributed by atoms with E-state index in [-0.39, 0.29) is 30.7 Å². The predicted octanol–water partition coefficient (Wildman–Crippen LogP) is 2.22. The fraction of sp³-hybridized carbons (Fsp3) is 0.500. The molecule has 1 atom stereocenters. The molecule has 0 radical (unpaired) electrons. The molecule has 1 fully saturated rings. The van der Waals surface area contributed by atoms with Gasteiger partial charge in [-0.2, -0.15) is 0 Å². The van der Waals surface area contributed by atoms with Gasteiger partial charge < -0.3 is 14.7 Å². The number of hydrogen-bond acceptors (Lipinski definition) is 5. The van der Waals surface area contributed by atoms with Gasteiger partial charge >= 0.3 is 5.97 Å². The summed E-state index contributed by atoms with van der Waals surface area (Å²) in [5.74, 6) is -0.674. The maximum absolute atomic E-state index is 12.3. The Morgan fingerprint density at radius 3 is 2.62 bits per heavy atom. The van der Waals surface area contributed by atoms with Gasteiger partial charge in [0.05, 0.1) is 4.92 Å². The summed E-state index contributed by atoms with van der Waals surface area (Å²) in [7, 11) is 0. The summed E-state index contributed by atoms with van der Waals surface area (Å²) in [6.45, 7) is 0.439. The minimum atomic E-state index is -0.866. The zero-order chi connectivity index (χ0) is 17.5. The van der Waals surface area contributed by atoms with Gasteiger partial charge in [0.15, 0.2) is 6.61 Å². The van der Waals surface area contributed by atoms with Crippen molar-refractivity contribution in [2.45, 2.75) is 38.1 Å². The van der Waals surface area contributed by atoms with Crippen LogP contribution in [0.25, 0.3) is 0 Å². The molecule has 1 unspecified atom stereocenters. The number of amides is 1. The van der Waals surface area contributed by atoms with Gasteiger partial charge in [0.25, 0.3) is 11.6 Å². The van der Waals surface area contributed by atoms with E-state index in [1.807, 2.05) is 0 Å². The summed E-state index contributed by atoms with van der Waals surface area (Å²) in [5.41, 5.74) is -0.0431. The van der Waals surface area contributed by atoms with Gasteiger partial charge in [-0.1, -0.05) is 0 Å². The Kier molecular flexibility index (Phi) is 6.11. The smallest absolute Gasteiger partial charge is 0.303 e. The number of carboxylic acid groups (broad SMARTS) is 1. The predicted molar refractivity (Wildman–Crippen MR) is 84.8 cm³/mol. The van der Waals surface area contributed by atoms with Gasteiger partial charge in [-0.05, 0) is 37.8 Å². The van der Waals surface area contributed by atoms with Crippen molar-refractivity contribution in [2.75, 3.05) is 13.2 Å². The molecule has 1 aliphatic rings. The van der Waals surface area contributed by atoms with Crippen LogP contribution in [0.5, 0.6) is 5.75 Å². The molecule has 2 rings (SSSR count). The second-order valence-corrected chi connectivity index (χ2v) is 5.71. The highest BCUT2D eigenvalue weighted by molar-refractivity contribution is 5.78. The molecule has 8 heteroatoms. The highest BCUT2D eigenvalue weighted by Crippen LogP contribution is 2.22. The van der Waals surface area contributed by atoms with E-state index in [0.29, 0.717) is 18.7 Å². The molecular formula is C16H20N2O6. The van der Waals surface area contributed by atoms with Gasteiger partial charge in [0.2, 0.25) is 0 Å². The Morgan fingerprint density at radius 1 is 1.29 bits per heavy atom. The van der Waals surface area contributed by atoms with Crippen LogP contribution in [0.1, 0.15) is 32.1 Å². The van der Waals surface area contributed by atoms with Crippen LogP contribution in [0.3, 0.4) is 0 Å². The average Bonchev–Trinajstić information content (AvgIpc) is 2.58. The monoisotopic (exact) mass is 336 g/mol. The highest BCUT2D eigenvalue weighted by atomic mass is 16.6. The Hall–Kier alpha value is -2.64. The standard InChI is InChI=1S/C16H20N2O6/c19-15(11-24-14-7-4-13(5-8-14)18(22)23)17-10-2-1-3-12(17)6-9-16(20)21/h4-5,7-8,12H,1-3,6,9-11H2,(H,20,21). The maximum atomic E-state index is 12.3. The average molecular weight is 336 g/mol. The SMILES string of the molecule is O=C(O)CCC1CCCCN1C(=O)COc1ccc([N+](=O)[O-])cc1. The van der Waals surface area contributed by atoms with E-state index in [1.54, 1.807) is 4.90 Å². The molecule has 1 saturated heterocycles. The number of likely N-dealkylation sites (tertiary alicyclic amines) is 1. The molecule has 1 aromatic carbocycles. The van der Waals surface area contributed by atoms with E-state index in [1.165, 1.54) is 24.3 Å². The van der Waals surface area contributed by atoms with Crippen LogP contribution < -0.4 is 4.74 Å². The summed E-state index contributed by atoms with van der Waals surface area (Å²) in [4.78, 5) is 34.9. The lowest BCUT2D eigenvalue weighted by molar-refractivity contribution is -0.384. The molecule has 130 valence electrons. The Balaban J connectivity index is 1.89. The van der Waals surface area contributed by atoms with Gasteiger partial charge in [-0.25, -0.2) is 0 Å². The number of piperidine rings is 1. The van der Waals surface area contributed by atoms with Crippen molar-refractivity contribution in [2.24, 2.45) is 0 Å². The number of hydrogen-bond donors (Lipinski definition) is 1. The number of carbonyl (C=O) groups is 2. The van der Waals surface area contributed by atoms with E-state index in [4.69, 9.17) is 9.84 Å². The molecule has 0 aliphatic carbocycles. The first kappa shape index (κ1) is 17.7. The number of carbonyl (C=O) groups excluding carboxylic acids is 1. The van der Waals surface area contributed by atoms with Crippen LogP contribution in [0.4, 0.5) is 5.69 Å². The Bertz CT molecular complexity index is 601. The number of benzene rings is 1. The Labute approximate surface area is 139 Å². The molecule has 0 spiro atoms. The summed E-state index contributed by atoms with van der Waals surface area (Å²) >= 11 is 0. The number of ether oxygens (including phenoxy) is 1. The van der Waals surface area contributed by atoms with Crippen molar-refractivity contribution < 1.29 is 24.4 Å². The molecule has 24 heavy (non-hydrogen) atoms. The van der Waals surface area contributed by atoms with E-state index in [9.17, 15) is 19.7 Å². The van der Waals surface area contributed by atoms with E-state index < -0.39 is 10.9 Å². The minimum Gasteiger partial charge on any atom is -0.484 e. The van der Waals surface area contributed by atoms with Crippen LogP contribution in [-0.2, 0) is 9.59 Å². The Morgan fingerprint density at radius 2 is 2.00 bits per heavy atom.